The fourth-order valence-electron chi connectivity index (χ4n) is 5.23. The topological polar surface area (TPSA) is 141 Å². The molecule has 210 valence electrons. The number of nitrogens with one attached hydrogen (secondary N) is 2. The Labute approximate surface area is 245 Å². The first-order valence-corrected chi connectivity index (χ1v) is 14.7. The Morgan fingerprint density at radius 1 is 1.00 bits per heavy atom. The van der Waals surface area contributed by atoms with Crippen LogP contribution >= 0.6 is 31.9 Å². The van der Waals surface area contributed by atoms with E-state index >= 15 is 0 Å². The number of urea groups is 1. The zero-order valence-corrected chi connectivity index (χ0v) is 24.8. The molecule has 0 unspecified atom stereocenters. The van der Waals surface area contributed by atoms with Gasteiger partial charge in [-0.05, 0) is 98.9 Å². The zero-order valence-electron chi connectivity index (χ0n) is 21.6. The predicted molar refractivity (Wildman–Crippen MR) is 154 cm³/mol. The maximum absolute atomic E-state index is 13.8. The number of nitrogens with two attached hydrogens (primary N) is 1. The van der Waals surface area contributed by atoms with Gasteiger partial charge in [-0.1, -0.05) is 0 Å². The van der Waals surface area contributed by atoms with E-state index in [2.05, 4.69) is 47.5 Å². The van der Waals surface area contributed by atoms with Crippen molar-refractivity contribution in [2.75, 3.05) is 32.7 Å². The van der Waals surface area contributed by atoms with E-state index in [1.807, 2.05) is 17.0 Å². The van der Waals surface area contributed by atoms with E-state index < -0.39 is 11.9 Å². The number of piperidine rings is 2. The van der Waals surface area contributed by atoms with Crippen molar-refractivity contribution < 1.29 is 19.5 Å². The molecule has 0 spiro atoms. The van der Waals surface area contributed by atoms with E-state index in [1.165, 1.54) is 5.56 Å². The molecule has 4 rings (SSSR count). The molecule has 2 saturated heterocycles. The molecule has 0 radical (unpaired) electrons. The van der Waals surface area contributed by atoms with Gasteiger partial charge in [0.2, 0.25) is 11.8 Å². The summed E-state index contributed by atoms with van der Waals surface area (Å²) in [5.41, 5.74) is 7.25. The number of phenols is 1. The number of phenolic OH excluding ortho intramolecular Hbond substituents is 1. The zero-order chi connectivity index (χ0) is 27.9. The number of hydrogen-bond acceptors (Lipinski definition) is 6. The molecule has 1 aromatic heterocycles. The van der Waals surface area contributed by atoms with Crippen LogP contribution in [-0.4, -0.2) is 82.5 Å². The molecule has 2 aliphatic heterocycles. The van der Waals surface area contributed by atoms with Crippen LogP contribution in [0.25, 0.3) is 0 Å². The number of aromatic hydroxyl groups is 1. The second kappa shape index (κ2) is 13.6. The van der Waals surface area contributed by atoms with E-state index in [1.54, 1.807) is 29.4 Å². The van der Waals surface area contributed by atoms with Crippen LogP contribution in [0.15, 0.2) is 45.6 Å². The number of amides is 4. The van der Waals surface area contributed by atoms with Gasteiger partial charge in [0.25, 0.3) is 0 Å². The Balaban J connectivity index is 1.42. The maximum Gasteiger partial charge on any atom is 0.318 e. The number of primary amides is 1. The van der Waals surface area contributed by atoms with Crippen LogP contribution in [0.3, 0.4) is 0 Å². The molecule has 3 heterocycles. The number of carbonyl (C=O) groups is 3. The van der Waals surface area contributed by atoms with Gasteiger partial charge < -0.3 is 31.3 Å². The molecule has 2 aliphatic rings. The van der Waals surface area contributed by atoms with Crippen molar-refractivity contribution in [2.45, 2.75) is 50.1 Å². The van der Waals surface area contributed by atoms with Gasteiger partial charge in [0.1, 0.15) is 11.8 Å². The Morgan fingerprint density at radius 3 is 2.18 bits per heavy atom. The summed E-state index contributed by atoms with van der Waals surface area (Å²) >= 11 is 6.72. The summed E-state index contributed by atoms with van der Waals surface area (Å²) in [5, 5.41) is 16.2. The minimum atomic E-state index is -0.760. The molecule has 10 nitrogen and oxygen atoms in total. The lowest BCUT2D eigenvalue weighted by atomic mass is 9.89. The summed E-state index contributed by atoms with van der Waals surface area (Å²) in [6.45, 7) is 2.35. The van der Waals surface area contributed by atoms with Crippen LogP contribution in [0, 0.1) is 0 Å². The van der Waals surface area contributed by atoms with E-state index in [4.69, 9.17) is 5.73 Å². The summed E-state index contributed by atoms with van der Waals surface area (Å²) in [5.74, 6) is -0.0704. The summed E-state index contributed by atoms with van der Waals surface area (Å²) in [4.78, 5) is 45.7. The lowest BCUT2D eigenvalue weighted by molar-refractivity contribution is -0.134. The van der Waals surface area contributed by atoms with Gasteiger partial charge in [0.15, 0.2) is 0 Å². The van der Waals surface area contributed by atoms with E-state index in [0.29, 0.717) is 53.9 Å². The quantitative estimate of drug-likeness (QED) is 0.342. The first-order valence-electron chi connectivity index (χ1n) is 13.1. The van der Waals surface area contributed by atoms with Crippen molar-refractivity contribution in [1.29, 1.82) is 0 Å². The molecule has 12 heteroatoms. The highest BCUT2D eigenvalue weighted by Gasteiger charge is 2.32. The molecule has 2 aromatic rings. The standard InChI is InChI=1S/C27H34Br2N6O4/c28-21-13-17(14-22(29)25(21)37)15-23(33-27(39)35-11-5-20(6-12-35)32-16-24(30)36)26(38)34-9-3-19(4-10-34)18-1-7-31-8-2-18/h1-2,7-8,13-14,19-20,23,32,37H,3-6,9-12,15-16H2,(H2,30,36)(H,33,39)/t23-/m1/s1. The Bertz CT molecular complexity index is 1150. The third-order valence-electron chi connectivity index (χ3n) is 7.44. The van der Waals surface area contributed by atoms with Crippen LogP contribution in [0.4, 0.5) is 4.79 Å². The smallest absolute Gasteiger partial charge is 0.318 e. The number of likely N-dealkylation sites (tertiary alicyclic amines) is 2. The summed E-state index contributed by atoms with van der Waals surface area (Å²) in [6.07, 6.45) is 6.95. The van der Waals surface area contributed by atoms with Crippen LogP contribution in [0.2, 0.25) is 0 Å². The monoisotopic (exact) mass is 664 g/mol. The van der Waals surface area contributed by atoms with Crippen molar-refractivity contribution in [3.63, 3.8) is 0 Å². The van der Waals surface area contributed by atoms with Crippen molar-refractivity contribution in [3.8, 4) is 5.75 Å². The number of pyridine rings is 1. The summed E-state index contributed by atoms with van der Waals surface area (Å²) in [6, 6.07) is 6.65. The highest BCUT2D eigenvalue weighted by atomic mass is 79.9. The molecular formula is C27H34Br2N6O4. The van der Waals surface area contributed by atoms with Gasteiger partial charge in [0, 0.05) is 51.0 Å². The number of rotatable bonds is 8. The second-order valence-electron chi connectivity index (χ2n) is 10.1. The van der Waals surface area contributed by atoms with Gasteiger partial charge in [-0.25, -0.2) is 4.79 Å². The Hall–Kier alpha value is -2.70. The molecule has 0 bridgehead atoms. The highest BCUT2D eigenvalue weighted by molar-refractivity contribution is 9.11. The van der Waals surface area contributed by atoms with Gasteiger partial charge in [-0.15, -0.1) is 0 Å². The number of nitrogens with zero attached hydrogens (tertiary/aromatic N) is 3. The average Bonchev–Trinajstić information content (AvgIpc) is 2.94. The third kappa shape index (κ3) is 7.92. The Kier molecular flexibility index (Phi) is 10.2. The first-order chi connectivity index (χ1) is 18.7. The number of halogens is 2. The maximum atomic E-state index is 13.8. The van der Waals surface area contributed by atoms with Crippen LogP contribution in [0.1, 0.15) is 42.7 Å². The third-order valence-corrected chi connectivity index (χ3v) is 8.65. The average molecular weight is 666 g/mol. The molecule has 1 atom stereocenters. The van der Waals surface area contributed by atoms with Gasteiger partial charge >= 0.3 is 6.03 Å². The predicted octanol–water partition coefficient (Wildman–Crippen LogP) is 2.88. The number of carbonyl (C=O) groups excluding carboxylic acids is 3. The SMILES string of the molecule is NC(=O)CNC1CCN(C(=O)N[C@H](Cc2cc(Br)c(O)c(Br)c2)C(=O)N2CCC(c3ccncc3)CC2)CC1. The molecule has 5 N–H and O–H groups in total. The molecule has 2 fully saturated rings. The van der Waals surface area contributed by atoms with Crippen molar-refractivity contribution in [1.82, 2.24) is 25.4 Å². The van der Waals surface area contributed by atoms with Gasteiger partial charge in [-0.2, -0.15) is 0 Å². The highest BCUT2D eigenvalue weighted by Crippen LogP contribution is 2.34. The minimum Gasteiger partial charge on any atom is -0.506 e. The molecule has 39 heavy (non-hydrogen) atoms. The molecule has 4 amide bonds. The molecule has 0 saturated carbocycles. The van der Waals surface area contributed by atoms with Gasteiger partial charge in [-0.3, -0.25) is 14.6 Å². The molecule has 1 aromatic carbocycles. The normalized spacial score (nSPS) is 17.6. The fraction of sp³-hybridized carbons (Fsp3) is 0.481. The van der Waals surface area contributed by atoms with Crippen LogP contribution < -0.4 is 16.4 Å². The van der Waals surface area contributed by atoms with Crippen molar-refractivity contribution in [3.05, 3.63) is 56.7 Å². The van der Waals surface area contributed by atoms with Crippen molar-refractivity contribution >= 4 is 49.7 Å². The van der Waals surface area contributed by atoms with E-state index in [9.17, 15) is 19.5 Å². The lowest BCUT2D eigenvalue weighted by Gasteiger charge is -2.36. The first kappa shape index (κ1) is 29.3. The summed E-state index contributed by atoms with van der Waals surface area (Å²) in [7, 11) is 0. The molecule has 0 aliphatic carbocycles. The van der Waals surface area contributed by atoms with Crippen LogP contribution in [0.5, 0.6) is 5.75 Å². The fourth-order valence-corrected chi connectivity index (χ4v) is 6.51. The number of benzene rings is 1. The Morgan fingerprint density at radius 2 is 1.59 bits per heavy atom. The van der Waals surface area contributed by atoms with E-state index in [-0.39, 0.29) is 36.7 Å². The van der Waals surface area contributed by atoms with E-state index in [0.717, 1.165) is 18.4 Å². The number of hydrogen-bond donors (Lipinski definition) is 4. The minimum absolute atomic E-state index is 0.0802. The largest absolute Gasteiger partial charge is 0.506 e. The lowest BCUT2D eigenvalue weighted by Crippen LogP contribution is -2.56. The second-order valence-corrected chi connectivity index (χ2v) is 11.8. The van der Waals surface area contributed by atoms with Crippen LogP contribution in [-0.2, 0) is 16.0 Å². The molecular weight excluding hydrogens is 632 g/mol. The summed E-state index contributed by atoms with van der Waals surface area (Å²) < 4.78 is 1.01. The van der Waals surface area contributed by atoms with Gasteiger partial charge in [0.05, 0.1) is 15.5 Å². The number of aromatic nitrogens is 1. The van der Waals surface area contributed by atoms with Crippen molar-refractivity contribution in [2.24, 2.45) is 5.73 Å².